The van der Waals surface area contributed by atoms with Crippen LogP contribution in [-0.2, 0) is 4.79 Å². The van der Waals surface area contributed by atoms with E-state index in [1.54, 1.807) is 24.5 Å². The minimum atomic E-state index is -0.909. The molecule has 0 saturated carbocycles. The summed E-state index contributed by atoms with van der Waals surface area (Å²) < 4.78 is 0. The quantitative estimate of drug-likeness (QED) is 0.759. The van der Waals surface area contributed by atoms with Crippen molar-refractivity contribution in [3.63, 3.8) is 0 Å². The number of carboxylic acid groups (broad SMARTS) is 1. The molecule has 0 aliphatic rings. The number of carboxylic acids is 1. The van der Waals surface area contributed by atoms with Gasteiger partial charge in [-0.25, -0.2) is 4.98 Å². The lowest BCUT2D eigenvalue weighted by Gasteiger charge is -2.26. The van der Waals surface area contributed by atoms with Crippen molar-refractivity contribution in [3.8, 4) is 0 Å². The Morgan fingerprint density at radius 1 is 1.33 bits per heavy atom. The van der Waals surface area contributed by atoms with E-state index in [9.17, 15) is 14.7 Å². The number of hydrogen-bond acceptors (Lipinski definition) is 3. The average molecular weight is 289 g/mol. The summed E-state index contributed by atoms with van der Waals surface area (Å²) in [7, 11) is 0. The van der Waals surface area contributed by atoms with Gasteiger partial charge in [0.05, 0.1) is 22.8 Å². The van der Waals surface area contributed by atoms with Gasteiger partial charge in [0.1, 0.15) is 0 Å². The van der Waals surface area contributed by atoms with Crippen molar-refractivity contribution in [2.75, 3.05) is 6.54 Å². The number of hydrogen-bond donors (Lipinski definition) is 3. The Bertz CT molecular complexity index is 659. The normalized spacial score (nSPS) is 11.5. The van der Waals surface area contributed by atoms with E-state index in [-0.39, 0.29) is 12.5 Å². The van der Waals surface area contributed by atoms with Gasteiger partial charge in [-0.3, -0.25) is 9.59 Å². The van der Waals surface area contributed by atoms with Crippen LogP contribution in [0.4, 0.5) is 0 Å². The molecule has 3 N–H and O–H groups in total. The minimum absolute atomic E-state index is 0.120. The largest absolute Gasteiger partial charge is 0.481 e. The molecule has 0 aliphatic heterocycles. The Hall–Kier alpha value is -2.37. The number of fused-ring (bicyclic) bond motifs is 1. The van der Waals surface area contributed by atoms with Crippen LogP contribution in [0.15, 0.2) is 24.5 Å². The van der Waals surface area contributed by atoms with Crippen LogP contribution in [0.2, 0.25) is 0 Å². The van der Waals surface area contributed by atoms with Crippen LogP contribution in [0, 0.1) is 5.41 Å². The van der Waals surface area contributed by atoms with Gasteiger partial charge in [0.25, 0.3) is 5.91 Å². The van der Waals surface area contributed by atoms with E-state index in [4.69, 9.17) is 0 Å². The lowest BCUT2D eigenvalue weighted by molar-refractivity contribution is -0.149. The lowest BCUT2D eigenvalue weighted by atomic mass is 9.82. The SMILES string of the molecule is CCC(CC)(CNC(=O)c1ccc2nc[nH]c2c1)C(=O)O. The summed E-state index contributed by atoms with van der Waals surface area (Å²) in [4.78, 5) is 30.6. The molecule has 0 unspecified atom stereocenters. The van der Waals surface area contributed by atoms with Crippen molar-refractivity contribution >= 4 is 22.9 Å². The lowest BCUT2D eigenvalue weighted by Crippen LogP contribution is -2.42. The highest BCUT2D eigenvalue weighted by Crippen LogP contribution is 2.25. The number of H-pyrrole nitrogens is 1. The fourth-order valence-corrected chi connectivity index (χ4v) is 2.31. The molecule has 0 aliphatic carbocycles. The zero-order valence-electron chi connectivity index (χ0n) is 12.1. The molecular weight excluding hydrogens is 270 g/mol. The fourth-order valence-electron chi connectivity index (χ4n) is 2.31. The highest BCUT2D eigenvalue weighted by Gasteiger charge is 2.35. The Kier molecular flexibility index (Phi) is 4.26. The van der Waals surface area contributed by atoms with Crippen LogP contribution in [-0.4, -0.2) is 33.5 Å². The predicted molar refractivity (Wildman–Crippen MR) is 79.1 cm³/mol. The van der Waals surface area contributed by atoms with Crippen molar-refractivity contribution in [2.24, 2.45) is 5.41 Å². The van der Waals surface area contributed by atoms with Crippen molar-refractivity contribution in [1.29, 1.82) is 0 Å². The number of nitrogens with zero attached hydrogens (tertiary/aromatic N) is 1. The smallest absolute Gasteiger partial charge is 0.311 e. The summed E-state index contributed by atoms with van der Waals surface area (Å²) in [6.45, 7) is 3.76. The van der Waals surface area contributed by atoms with Crippen LogP contribution >= 0.6 is 0 Å². The van der Waals surface area contributed by atoms with Crippen LogP contribution in [0.5, 0.6) is 0 Å². The highest BCUT2D eigenvalue weighted by atomic mass is 16.4. The van der Waals surface area contributed by atoms with Gasteiger partial charge in [-0.2, -0.15) is 0 Å². The molecule has 2 aromatic rings. The maximum Gasteiger partial charge on any atom is 0.311 e. The van der Waals surface area contributed by atoms with Gasteiger partial charge >= 0.3 is 5.97 Å². The van der Waals surface area contributed by atoms with Gasteiger partial charge in [-0.05, 0) is 31.0 Å². The number of imidazole rings is 1. The Balaban J connectivity index is 2.12. The van der Waals surface area contributed by atoms with Crippen molar-refractivity contribution in [3.05, 3.63) is 30.1 Å². The third-order valence-electron chi connectivity index (χ3n) is 4.08. The molecule has 0 saturated heterocycles. The molecule has 6 nitrogen and oxygen atoms in total. The number of benzene rings is 1. The van der Waals surface area contributed by atoms with Crippen molar-refractivity contribution in [2.45, 2.75) is 26.7 Å². The third-order valence-corrected chi connectivity index (χ3v) is 4.08. The van der Waals surface area contributed by atoms with Gasteiger partial charge in [-0.15, -0.1) is 0 Å². The van der Waals surface area contributed by atoms with Crippen molar-refractivity contribution in [1.82, 2.24) is 15.3 Å². The van der Waals surface area contributed by atoms with Gasteiger partial charge in [-0.1, -0.05) is 13.8 Å². The van der Waals surface area contributed by atoms with E-state index >= 15 is 0 Å². The number of aromatic amines is 1. The molecule has 0 bridgehead atoms. The molecule has 1 aromatic heterocycles. The second kappa shape index (κ2) is 5.95. The van der Waals surface area contributed by atoms with E-state index in [1.165, 1.54) is 0 Å². The molecule has 1 heterocycles. The Labute approximate surface area is 122 Å². The zero-order chi connectivity index (χ0) is 15.5. The maximum atomic E-state index is 12.2. The molecule has 112 valence electrons. The van der Waals surface area contributed by atoms with Gasteiger partial charge in [0.2, 0.25) is 0 Å². The Morgan fingerprint density at radius 2 is 2.05 bits per heavy atom. The van der Waals surface area contributed by atoms with Crippen LogP contribution < -0.4 is 5.32 Å². The van der Waals surface area contributed by atoms with Crippen LogP contribution in [0.1, 0.15) is 37.0 Å². The molecule has 0 radical (unpaired) electrons. The van der Waals surface area contributed by atoms with Crippen LogP contribution in [0.3, 0.4) is 0 Å². The summed E-state index contributed by atoms with van der Waals surface area (Å²) >= 11 is 0. The fraction of sp³-hybridized carbons (Fsp3) is 0.400. The van der Waals surface area contributed by atoms with Gasteiger partial charge in [0.15, 0.2) is 0 Å². The second-order valence-electron chi connectivity index (χ2n) is 5.11. The monoisotopic (exact) mass is 289 g/mol. The zero-order valence-corrected chi connectivity index (χ0v) is 12.1. The van der Waals surface area contributed by atoms with E-state index in [2.05, 4.69) is 15.3 Å². The molecular formula is C15H19N3O3. The molecule has 0 spiro atoms. The first-order chi connectivity index (χ1) is 10.0. The summed E-state index contributed by atoms with van der Waals surface area (Å²) in [5.41, 5.74) is 1.14. The predicted octanol–water partition coefficient (Wildman–Crippen LogP) is 2.18. The minimum Gasteiger partial charge on any atom is -0.481 e. The van der Waals surface area contributed by atoms with Gasteiger partial charge < -0.3 is 15.4 Å². The molecule has 21 heavy (non-hydrogen) atoms. The number of rotatable bonds is 6. The van der Waals surface area contributed by atoms with E-state index in [1.807, 2.05) is 13.8 Å². The van der Waals surface area contributed by atoms with E-state index in [0.29, 0.717) is 18.4 Å². The molecule has 2 rings (SSSR count). The third kappa shape index (κ3) is 2.89. The second-order valence-corrected chi connectivity index (χ2v) is 5.11. The van der Waals surface area contributed by atoms with E-state index < -0.39 is 11.4 Å². The summed E-state index contributed by atoms with van der Waals surface area (Å²) in [6, 6.07) is 5.14. The number of amides is 1. The maximum absolute atomic E-state index is 12.2. The standard InChI is InChI=1S/C15H19N3O3/c1-3-15(4-2,14(20)21)8-16-13(19)10-5-6-11-12(7-10)18-9-17-11/h5-7,9H,3-4,8H2,1-2H3,(H,16,19)(H,17,18)(H,20,21). The van der Waals surface area contributed by atoms with E-state index in [0.717, 1.165) is 11.0 Å². The number of aliphatic carboxylic acids is 1. The first-order valence-corrected chi connectivity index (χ1v) is 6.97. The van der Waals surface area contributed by atoms with Gasteiger partial charge in [0, 0.05) is 12.1 Å². The molecule has 6 heteroatoms. The number of carbonyl (C=O) groups excluding carboxylic acids is 1. The first kappa shape index (κ1) is 15.0. The molecule has 1 aromatic carbocycles. The first-order valence-electron chi connectivity index (χ1n) is 6.97. The number of nitrogens with one attached hydrogen (secondary N) is 2. The summed E-state index contributed by atoms with van der Waals surface area (Å²) in [5, 5.41) is 12.1. The molecule has 0 atom stereocenters. The van der Waals surface area contributed by atoms with Crippen LogP contribution in [0.25, 0.3) is 11.0 Å². The summed E-state index contributed by atoms with van der Waals surface area (Å²) in [5.74, 6) is -1.16. The average Bonchev–Trinajstić information content (AvgIpc) is 2.95. The summed E-state index contributed by atoms with van der Waals surface area (Å²) in [6.07, 6.45) is 2.51. The Morgan fingerprint density at radius 3 is 2.67 bits per heavy atom. The number of carbonyl (C=O) groups is 2. The topological polar surface area (TPSA) is 95.1 Å². The number of aromatic nitrogens is 2. The molecule has 1 amide bonds. The van der Waals surface area contributed by atoms with Crippen molar-refractivity contribution < 1.29 is 14.7 Å². The highest BCUT2D eigenvalue weighted by molar-refractivity contribution is 5.97. The molecule has 0 fully saturated rings.